The van der Waals surface area contributed by atoms with Crippen molar-refractivity contribution in [3.05, 3.63) is 59.4 Å². The predicted molar refractivity (Wildman–Crippen MR) is 95.2 cm³/mol. The standard InChI is InChI=1S/C18H21FN6O/c1-13-7-8-20-18-21-16(22-25(13)18)17(26)24(10-9-23(2)3)12-14-5-4-6-15(19)11-14/h4-8,11H,9-10,12H2,1-3H3. The number of hydrogen-bond acceptors (Lipinski definition) is 5. The number of likely N-dealkylation sites (N-methyl/N-ethyl adjacent to an activating group) is 1. The lowest BCUT2D eigenvalue weighted by Crippen LogP contribution is -2.36. The third-order valence-electron chi connectivity index (χ3n) is 3.99. The molecule has 8 heteroatoms. The molecule has 0 N–H and O–H groups in total. The van der Waals surface area contributed by atoms with Gasteiger partial charge in [-0.1, -0.05) is 12.1 Å². The zero-order valence-corrected chi connectivity index (χ0v) is 15.1. The maximum atomic E-state index is 13.5. The van der Waals surface area contributed by atoms with Crippen LogP contribution in [0.15, 0.2) is 36.5 Å². The SMILES string of the molecule is Cc1ccnc2nc(C(=O)N(CCN(C)C)Cc3cccc(F)c3)nn12. The number of carbonyl (C=O) groups is 1. The second-order valence-electron chi connectivity index (χ2n) is 6.39. The molecule has 0 fully saturated rings. The van der Waals surface area contributed by atoms with E-state index in [9.17, 15) is 9.18 Å². The number of nitrogens with zero attached hydrogens (tertiary/aromatic N) is 6. The van der Waals surface area contributed by atoms with Crippen molar-refractivity contribution in [2.24, 2.45) is 0 Å². The second kappa shape index (κ2) is 7.57. The number of aryl methyl sites for hydroxylation is 1. The fourth-order valence-corrected chi connectivity index (χ4v) is 2.57. The third-order valence-corrected chi connectivity index (χ3v) is 3.99. The van der Waals surface area contributed by atoms with Gasteiger partial charge in [-0.3, -0.25) is 4.79 Å². The summed E-state index contributed by atoms with van der Waals surface area (Å²) in [4.78, 5) is 25.0. The summed E-state index contributed by atoms with van der Waals surface area (Å²) in [5.74, 6) is -0.164. The molecule has 1 amide bonds. The van der Waals surface area contributed by atoms with Gasteiger partial charge < -0.3 is 9.80 Å². The van der Waals surface area contributed by atoms with Gasteiger partial charge in [-0.2, -0.15) is 4.98 Å². The molecule has 0 aliphatic rings. The molecule has 0 unspecified atom stereocenters. The Hall–Kier alpha value is -2.87. The van der Waals surface area contributed by atoms with Gasteiger partial charge >= 0.3 is 0 Å². The summed E-state index contributed by atoms with van der Waals surface area (Å²) in [5, 5.41) is 4.28. The number of halogens is 1. The van der Waals surface area contributed by atoms with Crippen molar-refractivity contribution in [1.82, 2.24) is 29.4 Å². The van der Waals surface area contributed by atoms with Gasteiger partial charge in [0, 0.05) is 31.5 Å². The number of carbonyl (C=O) groups excluding carboxylic acids is 1. The second-order valence-corrected chi connectivity index (χ2v) is 6.39. The molecule has 0 spiro atoms. The number of fused-ring (bicyclic) bond motifs is 1. The number of aromatic nitrogens is 4. The molecular formula is C18H21FN6O. The smallest absolute Gasteiger partial charge is 0.293 e. The lowest BCUT2D eigenvalue weighted by Gasteiger charge is -2.23. The van der Waals surface area contributed by atoms with E-state index in [-0.39, 0.29) is 24.1 Å². The molecule has 2 aromatic heterocycles. The topological polar surface area (TPSA) is 66.6 Å². The molecule has 3 rings (SSSR count). The Morgan fingerprint density at radius 2 is 2.04 bits per heavy atom. The van der Waals surface area contributed by atoms with Crippen LogP contribution in [0.3, 0.4) is 0 Å². The molecule has 26 heavy (non-hydrogen) atoms. The zero-order chi connectivity index (χ0) is 18.7. The Balaban J connectivity index is 1.88. The van der Waals surface area contributed by atoms with Crippen molar-refractivity contribution in [3.8, 4) is 0 Å². The first kappa shape index (κ1) is 17.9. The first-order chi connectivity index (χ1) is 12.4. The molecule has 0 aliphatic heterocycles. The number of hydrogen-bond donors (Lipinski definition) is 0. The van der Waals surface area contributed by atoms with Crippen molar-refractivity contribution in [1.29, 1.82) is 0 Å². The summed E-state index contributed by atoms with van der Waals surface area (Å²) in [5.41, 5.74) is 1.56. The fraction of sp³-hybridized carbons (Fsp3) is 0.333. The highest BCUT2D eigenvalue weighted by Crippen LogP contribution is 2.11. The van der Waals surface area contributed by atoms with Gasteiger partial charge in [0.25, 0.3) is 11.7 Å². The van der Waals surface area contributed by atoms with E-state index in [0.29, 0.717) is 18.9 Å². The van der Waals surface area contributed by atoms with Crippen molar-refractivity contribution < 1.29 is 9.18 Å². The summed E-state index contributed by atoms with van der Waals surface area (Å²) in [6.45, 7) is 3.30. The molecule has 0 atom stereocenters. The van der Waals surface area contributed by atoms with E-state index in [1.54, 1.807) is 33.8 Å². The molecule has 0 radical (unpaired) electrons. The molecule has 7 nitrogen and oxygen atoms in total. The van der Waals surface area contributed by atoms with Gasteiger partial charge in [0.2, 0.25) is 5.82 Å². The van der Waals surface area contributed by atoms with E-state index in [1.807, 2.05) is 25.9 Å². The largest absolute Gasteiger partial charge is 0.330 e. The summed E-state index contributed by atoms with van der Waals surface area (Å²) in [7, 11) is 3.86. The van der Waals surface area contributed by atoms with Crippen LogP contribution in [0.1, 0.15) is 21.9 Å². The van der Waals surface area contributed by atoms with Gasteiger partial charge in [0.1, 0.15) is 5.82 Å². The summed E-state index contributed by atoms with van der Waals surface area (Å²) in [6, 6.07) is 8.04. The van der Waals surface area contributed by atoms with Crippen LogP contribution in [-0.2, 0) is 6.54 Å². The average Bonchev–Trinajstić information content (AvgIpc) is 3.03. The van der Waals surface area contributed by atoms with Gasteiger partial charge in [-0.25, -0.2) is 13.9 Å². The van der Waals surface area contributed by atoms with Gasteiger partial charge in [0.15, 0.2) is 0 Å². The van der Waals surface area contributed by atoms with Crippen molar-refractivity contribution in [2.45, 2.75) is 13.5 Å². The monoisotopic (exact) mass is 356 g/mol. The van der Waals surface area contributed by atoms with Crippen molar-refractivity contribution >= 4 is 11.7 Å². The van der Waals surface area contributed by atoms with E-state index >= 15 is 0 Å². The molecule has 0 saturated heterocycles. The molecule has 0 aliphatic carbocycles. The van der Waals surface area contributed by atoms with Crippen LogP contribution in [0.5, 0.6) is 0 Å². The minimum Gasteiger partial charge on any atom is -0.330 e. The maximum Gasteiger partial charge on any atom is 0.293 e. The zero-order valence-electron chi connectivity index (χ0n) is 15.1. The van der Waals surface area contributed by atoms with Crippen LogP contribution in [0.4, 0.5) is 4.39 Å². The number of amides is 1. The maximum absolute atomic E-state index is 13.5. The number of benzene rings is 1. The van der Waals surface area contributed by atoms with Crippen molar-refractivity contribution in [2.75, 3.05) is 27.2 Å². The van der Waals surface area contributed by atoms with Crippen LogP contribution in [-0.4, -0.2) is 62.5 Å². The first-order valence-corrected chi connectivity index (χ1v) is 8.31. The molecular weight excluding hydrogens is 335 g/mol. The Bertz CT molecular complexity index is 923. The van der Waals surface area contributed by atoms with Gasteiger partial charge in [-0.15, -0.1) is 5.10 Å². The van der Waals surface area contributed by atoms with E-state index in [4.69, 9.17) is 0 Å². The number of rotatable bonds is 6. The lowest BCUT2D eigenvalue weighted by atomic mass is 10.2. The lowest BCUT2D eigenvalue weighted by molar-refractivity contribution is 0.0719. The predicted octanol–water partition coefficient (Wildman–Crippen LogP) is 1.78. The summed E-state index contributed by atoms with van der Waals surface area (Å²) in [6.07, 6.45) is 1.63. The Labute approximate surface area is 151 Å². The van der Waals surface area contributed by atoms with E-state index in [1.165, 1.54) is 12.1 Å². The van der Waals surface area contributed by atoms with Crippen LogP contribution < -0.4 is 0 Å². The molecule has 2 heterocycles. The minimum atomic E-state index is -0.326. The van der Waals surface area contributed by atoms with Crippen LogP contribution >= 0.6 is 0 Å². The van der Waals surface area contributed by atoms with Crippen LogP contribution in [0, 0.1) is 12.7 Å². The quantitative estimate of drug-likeness (QED) is 0.673. The summed E-state index contributed by atoms with van der Waals surface area (Å²) < 4.78 is 15.0. The summed E-state index contributed by atoms with van der Waals surface area (Å²) >= 11 is 0. The molecule has 0 saturated carbocycles. The minimum absolute atomic E-state index is 0.0851. The Morgan fingerprint density at radius 3 is 2.73 bits per heavy atom. The molecule has 0 bridgehead atoms. The van der Waals surface area contributed by atoms with E-state index < -0.39 is 0 Å². The van der Waals surface area contributed by atoms with Crippen molar-refractivity contribution in [3.63, 3.8) is 0 Å². The van der Waals surface area contributed by atoms with E-state index in [2.05, 4.69) is 15.1 Å². The third kappa shape index (κ3) is 4.02. The fourth-order valence-electron chi connectivity index (χ4n) is 2.57. The molecule has 1 aromatic carbocycles. The first-order valence-electron chi connectivity index (χ1n) is 8.31. The molecule has 136 valence electrons. The average molecular weight is 356 g/mol. The van der Waals surface area contributed by atoms with Gasteiger partial charge in [-0.05, 0) is 44.8 Å². The Morgan fingerprint density at radius 1 is 1.23 bits per heavy atom. The molecule has 3 aromatic rings. The van der Waals surface area contributed by atoms with E-state index in [0.717, 1.165) is 11.3 Å². The normalized spacial score (nSPS) is 11.3. The highest BCUT2D eigenvalue weighted by Gasteiger charge is 2.22. The van der Waals surface area contributed by atoms with Gasteiger partial charge in [0.05, 0.1) is 0 Å². The van der Waals surface area contributed by atoms with Crippen LogP contribution in [0.2, 0.25) is 0 Å². The highest BCUT2D eigenvalue weighted by atomic mass is 19.1. The Kier molecular flexibility index (Phi) is 5.22. The van der Waals surface area contributed by atoms with Crippen LogP contribution in [0.25, 0.3) is 5.78 Å². The highest BCUT2D eigenvalue weighted by molar-refractivity contribution is 5.90.